The monoisotopic (exact) mass is 214 g/mol. The van der Waals surface area contributed by atoms with Crippen LogP contribution in [0.4, 0.5) is 0 Å². The average Bonchev–Trinajstić information content (AvgIpc) is 2.39. The lowest BCUT2D eigenvalue weighted by atomic mass is 10.1. The number of carbonyl (C=O) groups excluding carboxylic acids is 1. The standard InChI is InChI=1S/C12H10N2O2/c1-16-12-11(5-4-10(8-15)14-12)9-3-2-6-13-7-9/h2-8H,1H3. The molecule has 0 amide bonds. The molecule has 0 saturated heterocycles. The van der Waals surface area contributed by atoms with Crippen LogP contribution in [0.5, 0.6) is 5.88 Å². The summed E-state index contributed by atoms with van der Waals surface area (Å²) in [5.41, 5.74) is 2.08. The van der Waals surface area contributed by atoms with Gasteiger partial charge in [0.25, 0.3) is 0 Å². The first kappa shape index (κ1) is 10.3. The highest BCUT2D eigenvalue weighted by molar-refractivity contribution is 5.75. The molecule has 0 aromatic carbocycles. The third kappa shape index (κ3) is 1.91. The van der Waals surface area contributed by atoms with Crippen LogP contribution in [0.2, 0.25) is 0 Å². The van der Waals surface area contributed by atoms with E-state index in [1.54, 1.807) is 24.5 Å². The Morgan fingerprint density at radius 3 is 2.81 bits per heavy atom. The Morgan fingerprint density at radius 1 is 1.31 bits per heavy atom. The predicted octanol–water partition coefficient (Wildman–Crippen LogP) is 1.96. The van der Waals surface area contributed by atoms with Crippen molar-refractivity contribution in [2.24, 2.45) is 0 Å². The molecule has 0 aliphatic carbocycles. The van der Waals surface area contributed by atoms with Crippen molar-refractivity contribution >= 4 is 6.29 Å². The van der Waals surface area contributed by atoms with Crippen molar-refractivity contribution in [3.63, 3.8) is 0 Å². The second-order valence-electron chi connectivity index (χ2n) is 3.15. The second kappa shape index (κ2) is 4.53. The van der Waals surface area contributed by atoms with E-state index in [-0.39, 0.29) is 0 Å². The minimum atomic E-state index is 0.351. The van der Waals surface area contributed by atoms with E-state index in [2.05, 4.69) is 9.97 Å². The van der Waals surface area contributed by atoms with Gasteiger partial charge in [-0.15, -0.1) is 0 Å². The minimum absolute atomic E-state index is 0.351. The molecular formula is C12H10N2O2. The van der Waals surface area contributed by atoms with Gasteiger partial charge >= 0.3 is 0 Å². The molecule has 4 heteroatoms. The van der Waals surface area contributed by atoms with Gasteiger partial charge in [0, 0.05) is 23.5 Å². The molecule has 0 fully saturated rings. The normalized spacial score (nSPS) is 9.81. The van der Waals surface area contributed by atoms with E-state index in [1.165, 1.54) is 7.11 Å². The van der Waals surface area contributed by atoms with E-state index in [0.717, 1.165) is 11.1 Å². The van der Waals surface area contributed by atoms with Gasteiger partial charge in [-0.25, -0.2) is 4.98 Å². The van der Waals surface area contributed by atoms with E-state index < -0.39 is 0 Å². The quantitative estimate of drug-likeness (QED) is 0.733. The maximum absolute atomic E-state index is 10.6. The molecule has 2 aromatic rings. The van der Waals surface area contributed by atoms with Crippen LogP contribution >= 0.6 is 0 Å². The first-order valence-corrected chi connectivity index (χ1v) is 4.76. The molecule has 0 unspecified atom stereocenters. The average molecular weight is 214 g/mol. The number of ether oxygens (including phenoxy) is 1. The molecule has 16 heavy (non-hydrogen) atoms. The van der Waals surface area contributed by atoms with Crippen molar-refractivity contribution in [2.75, 3.05) is 7.11 Å². The van der Waals surface area contributed by atoms with Gasteiger partial charge in [0.15, 0.2) is 6.29 Å². The largest absolute Gasteiger partial charge is 0.481 e. The number of aldehydes is 1. The Balaban J connectivity index is 2.53. The molecule has 2 heterocycles. The Hall–Kier alpha value is -2.23. The summed E-state index contributed by atoms with van der Waals surface area (Å²) in [4.78, 5) is 18.7. The van der Waals surface area contributed by atoms with Crippen molar-refractivity contribution in [1.82, 2.24) is 9.97 Å². The zero-order valence-corrected chi connectivity index (χ0v) is 8.75. The summed E-state index contributed by atoms with van der Waals surface area (Å²) in [6.07, 6.45) is 4.11. The number of hydrogen-bond acceptors (Lipinski definition) is 4. The van der Waals surface area contributed by atoms with Crippen molar-refractivity contribution < 1.29 is 9.53 Å². The van der Waals surface area contributed by atoms with Crippen LogP contribution in [-0.4, -0.2) is 23.4 Å². The first-order chi connectivity index (χ1) is 7.85. The first-order valence-electron chi connectivity index (χ1n) is 4.76. The fourth-order valence-electron chi connectivity index (χ4n) is 1.42. The third-order valence-electron chi connectivity index (χ3n) is 2.17. The van der Waals surface area contributed by atoms with E-state index >= 15 is 0 Å². The molecule has 80 valence electrons. The number of carbonyl (C=O) groups is 1. The third-order valence-corrected chi connectivity index (χ3v) is 2.17. The lowest BCUT2D eigenvalue weighted by Gasteiger charge is -2.07. The molecule has 0 N–H and O–H groups in total. The van der Waals surface area contributed by atoms with Gasteiger partial charge in [-0.05, 0) is 18.2 Å². The van der Waals surface area contributed by atoms with Crippen molar-refractivity contribution in [1.29, 1.82) is 0 Å². The van der Waals surface area contributed by atoms with Crippen LogP contribution in [0.15, 0.2) is 36.7 Å². The van der Waals surface area contributed by atoms with E-state index in [9.17, 15) is 4.79 Å². The van der Waals surface area contributed by atoms with Crippen LogP contribution in [-0.2, 0) is 0 Å². The zero-order chi connectivity index (χ0) is 11.4. The molecule has 2 aromatic heterocycles. The molecule has 0 aliphatic heterocycles. The summed E-state index contributed by atoms with van der Waals surface area (Å²) in [5.74, 6) is 0.428. The fraction of sp³-hybridized carbons (Fsp3) is 0.0833. The van der Waals surface area contributed by atoms with Crippen molar-refractivity contribution in [3.8, 4) is 17.0 Å². The number of rotatable bonds is 3. The summed E-state index contributed by atoms with van der Waals surface area (Å²) in [5, 5.41) is 0. The van der Waals surface area contributed by atoms with Crippen LogP contribution in [0.1, 0.15) is 10.5 Å². The Morgan fingerprint density at radius 2 is 2.19 bits per heavy atom. The molecule has 0 saturated carbocycles. The SMILES string of the molecule is COc1nc(C=O)ccc1-c1cccnc1. The van der Waals surface area contributed by atoms with Gasteiger partial charge < -0.3 is 4.74 Å². The second-order valence-corrected chi connectivity index (χ2v) is 3.15. The van der Waals surface area contributed by atoms with Gasteiger partial charge in [0.05, 0.1) is 7.11 Å². The molecule has 0 spiro atoms. The Labute approximate surface area is 92.9 Å². The van der Waals surface area contributed by atoms with Crippen LogP contribution < -0.4 is 4.74 Å². The molecule has 2 rings (SSSR count). The fourth-order valence-corrected chi connectivity index (χ4v) is 1.42. The predicted molar refractivity (Wildman–Crippen MR) is 59.4 cm³/mol. The van der Waals surface area contributed by atoms with Crippen LogP contribution in [0.25, 0.3) is 11.1 Å². The number of methoxy groups -OCH3 is 1. The van der Waals surface area contributed by atoms with E-state index in [4.69, 9.17) is 4.74 Å². The highest BCUT2D eigenvalue weighted by atomic mass is 16.5. The number of pyridine rings is 2. The van der Waals surface area contributed by atoms with Crippen molar-refractivity contribution in [3.05, 3.63) is 42.4 Å². The summed E-state index contributed by atoms with van der Waals surface area (Å²) in [6.45, 7) is 0. The van der Waals surface area contributed by atoms with Crippen LogP contribution in [0.3, 0.4) is 0 Å². The Kier molecular flexibility index (Phi) is 2.91. The summed E-state index contributed by atoms with van der Waals surface area (Å²) >= 11 is 0. The summed E-state index contributed by atoms with van der Waals surface area (Å²) in [6, 6.07) is 7.19. The van der Waals surface area contributed by atoms with E-state index in [0.29, 0.717) is 17.9 Å². The molecule has 0 aliphatic rings. The maximum atomic E-state index is 10.6. The number of nitrogens with zero attached hydrogens (tertiary/aromatic N) is 2. The van der Waals surface area contributed by atoms with Gasteiger partial charge in [-0.3, -0.25) is 9.78 Å². The molecule has 4 nitrogen and oxygen atoms in total. The topological polar surface area (TPSA) is 52.1 Å². The number of aromatic nitrogens is 2. The van der Waals surface area contributed by atoms with Gasteiger partial charge in [0.2, 0.25) is 5.88 Å². The minimum Gasteiger partial charge on any atom is -0.481 e. The molecule has 0 atom stereocenters. The molecular weight excluding hydrogens is 204 g/mol. The Bertz CT molecular complexity index is 498. The van der Waals surface area contributed by atoms with Gasteiger partial charge in [0.1, 0.15) is 5.69 Å². The smallest absolute Gasteiger partial charge is 0.221 e. The summed E-state index contributed by atoms with van der Waals surface area (Å²) in [7, 11) is 1.52. The zero-order valence-electron chi connectivity index (χ0n) is 8.75. The number of hydrogen-bond donors (Lipinski definition) is 0. The summed E-state index contributed by atoms with van der Waals surface area (Å²) < 4.78 is 5.14. The van der Waals surface area contributed by atoms with Crippen molar-refractivity contribution in [2.45, 2.75) is 0 Å². The molecule has 0 bridgehead atoms. The lowest BCUT2D eigenvalue weighted by molar-refractivity contribution is 0.111. The maximum Gasteiger partial charge on any atom is 0.221 e. The van der Waals surface area contributed by atoms with Crippen LogP contribution in [0, 0.1) is 0 Å². The molecule has 0 radical (unpaired) electrons. The van der Waals surface area contributed by atoms with Gasteiger partial charge in [-0.2, -0.15) is 0 Å². The highest BCUT2D eigenvalue weighted by Crippen LogP contribution is 2.27. The van der Waals surface area contributed by atoms with E-state index in [1.807, 2.05) is 12.1 Å². The highest BCUT2D eigenvalue weighted by Gasteiger charge is 2.07. The van der Waals surface area contributed by atoms with Gasteiger partial charge in [-0.1, -0.05) is 6.07 Å². The lowest BCUT2D eigenvalue weighted by Crippen LogP contribution is -1.95.